The highest BCUT2D eigenvalue weighted by Gasteiger charge is 2.15. The average molecular weight is 288 g/mol. The molecule has 21 heavy (non-hydrogen) atoms. The average Bonchev–Trinajstić information content (AvgIpc) is 2.42. The number of aromatic nitrogens is 2. The van der Waals surface area contributed by atoms with Gasteiger partial charge in [0, 0.05) is 6.54 Å². The van der Waals surface area contributed by atoms with Crippen LogP contribution in [0.15, 0.2) is 33.9 Å². The SMILES string of the molecule is CCCCCn1c(O)c(-c2cccc(C)c2)c(=O)[nH]c1=O. The summed E-state index contributed by atoms with van der Waals surface area (Å²) in [6.07, 6.45) is 2.76. The fourth-order valence-electron chi connectivity index (χ4n) is 2.35. The zero-order valence-corrected chi connectivity index (χ0v) is 12.3. The monoisotopic (exact) mass is 288 g/mol. The molecule has 0 aliphatic carbocycles. The molecule has 2 N–H and O–H groups in total. The highest BCUT2D eigenvalue weighted by atomic mass is 16.3. The summed E-state index contributed by atoms with van der Waals surface area (Å²) >= 11 is 0. The van der Waals surface area contributed by atoms with Crippen LogP contribution in [0.25, 0.3) is 11.1 Å². The second-order valence-electron chi connectivity index (χ2n) is 5.19. The van der Waals surface area contributed by atoms with E-state index in [1.165, 1.54) is 4.57 Å². The Bertz CT molecular complexity index is 744. The topological polar surface area (TPSA) is 75.1 Å². The maximum Gasteiger partial charge on any atom is 0.331 e. The summed E-state index contributed by atoms with van der Waals surface area (Å²) < 4.78 is 1.23. The van der Waals surface area contributed by atoms with Crippen LogP contribution in [0.3, 0.4) is 0 Å². The fraction of sp³-hybridized carbons (Fsp3) is 0.375. The van der Waals surface area contributed by atoms with Gasteiger partial charge in [0.2, 0.25) is 5.88 Å². The van der Waals surface area contributed by atoms with Crippen molar-refractivity contribution in [2.24, 2.45) is 0 Å². The third kappa shape index (κ3) is 3.24. The van der Waals surface area contributed by atoms with Crippen LogP contribution in [-0.4, -0.2) is 14.7 Å². The van der Waals surface area contributed by atoms with Crippen molar-refractivity contribution in [1.29, 1.82) is 0 Å². The van der Waals surface area contributed by atoms with E-state index < -0.39 is 11.2 Å². The van der Waals surface area contributed by atoms with Crippen molar-refractivity contribution >= 4 is 0 Å². The van der Waals surface area contributed by atoms with Gasteiger partial charge < -0.3 is 5.11 Å². The van der Waals surface area contributed by atoms with Gasteiger partial charge in [-0.05, 0) is 18.9 Å². The number of rotatable bonds is 5. The van der Waals surface area contributed by atoms with Crippen LogP contribution in [0, 0.1) is 6.92 Å². The molecule has 0 spiro atoms. The number of nitrogens with zero attached hydrogens (tertiary/aromatic N) is 1. The number of H-pyrrole nitrogens is 1. The Morgan fingerprint density at radius 3 is 2.67 bits per heavy atom. The second-order valence-corrected chi connectivity index (χ2v) is 5.19. The van der Waals surface area contributed by atoms with Crippen molar-refractivity contribution in [3.05, 3.63) is 50.7 Å². The maximum atomic E-state index is 12.0. The molecule has 1 aromatic carbocycles. The van der Waals surface area contributed by atoms with E-state index in [4.69, 9.17) is 0 Å². The molecule has 0 bridgehead atoms. The third-order valence-electron chi connectivity index (χ3n) is 3.46. The molecule has 0 saturated carbocycles. The molecule has 0 unspecified atom stereocenters. The Morgan fingerprint density at radius 1 is 1.24 bits per heavy atom. The van der Waals surface area contributed by atoms with Gasteiger partial charge in [0.25, 0.3) is 5.56 Å². The Hall–Kier alpha value is -2.30. The van der Waals surface area contributed by atoms with Crippen molar-refractivity contribution < 1.29 is 5.11 Å². The van der Waals surface area contributed by atoms with Crippen molar-refractivity contribution in [2.75, 3.05) is 0 Å². The van der Waals surface area contributed by atoms with Gasteiger partial charge in [0.05, 0.1) is 0 Å². The first-order chi connectivity index (χ1) is 10.0. The lowest BCUT2D eigenvalue weighted by Crippen LogP contribution is -2.31. The molecule has 1 aromatic heterocycles. The van der Waals surface area contributed by atoms with E-state index in [1.54, 1.807) is 6.07 Å². The Morgan fingerprint density at radius 2 is 2.00 bits per heavy atom. The zero-order valence-electron chi connectivity index (χ0n) is 12.3. The van der Waals surface area contributed by atoms with E-state index in [0.717, 1.165) is 24.8 Å². The molecule has 2 aromatic rings. The first kappa shape index (κ1) is 15.1. The van der Waals surface area contributed by atoms with Crippen molar-refractivity contribution in [3.8, 4) is 17.0 Å². The van der Waals surface area contributed by atoms with Crippen LogP contribution in [0.4, 0.5) is 0 Å². The quantitative estimate of drug-likeness (QED) is 0.830. The van der Waals surface area contributed by atoms with Gasteiger partial charge in [0.1, 0.15) is 5.56 Å². The molecular weight excluding hydrogens is 268 g/mol. The number of benzene rings is 1. The summed E-state index contributed by atoms with van der Waals surface area (Å²) in [6.45, 7) is 4.37. The normalized spacial score (nSPS) is 10.8. The third-order valence-corrected chi connectivity index (χ3v) is 3.46. The predicted molar refractivity (Wildman–Crippen MR) is 82.7 cm³/mol. The van der Waals surface area contributed by atoms with E-state index in [2.05, 4.69) is 11.9 Å². The van der Waals surface area contributed by atoms with Gasteiger partial charge in [-0.25, -0.2) is 4.79 Å². The lowest BCUT2D eigenvalue weighted by molar-refractivity contribution is 0.396. The van der Waals surface area contributed by atoms with Crippen LogP contribution < -0.4 is 11.2 Å². The molecular formula is C16H20N2O3. The number of unbranched alkanes of at least 4 members (excludes halogenated alkanes) is 2. The van der Waals surface area contributed by atoms with E-state index in [-0.39, 0.29) is 11.4 Å². The van der Waals surface area contributed by atoms with E-state index in [0.29, 0.717) is 12.1 Å². The highest BCUT2D eigenvalue weighted by Crippen LogP contribution is 2.24. The molecule has 5 nitrogen and oxygen atoms in total. The lowest BCUT2D eigenvalue weighted by atomic mass is 10.1. The maximum absolute atomic E-state index is 12.0. The van der Waals surface area contributed by atoms with Crippen LogP contribution in [-0.2, 0) is 6.54 Å². The summed E-state index contributed by atoms with van der Waals surface area (Å²) in [5, 5.41) is 10.3. The van der Waals surface area contributed by atoms with Gasteiger partial charge in [0.15, 0.2) is 0 Å². The smallest absolute Gasteiger partial charge is 0.331 e. The van der Waals surface area contributed by atoms with Gasteiger partial charge in [-0.1, -0.05) is 49.6 Å². The molecule has 5 heteroatoms. The molecule has 1 heterocycles. The fourth-order valence-corrected chi connectivity index (χ4v) is 2.35. The number of hydrogen-bond acceptors (Lipinski definition) is 3. The highest BCUT2D eigenvalue weighted by molar-refractivity contribution is 5.67. The number of nitrogens with one attached hydrogen (secondary N) is 1. The van der Waals surface area contributed by atoms with Crippen LogP contribution in [0.1, 0.15) is 31.7 Å². The Labute approximate surface area is 122 Å². The minimum Gasteiger partial charge on any atom is -0.494 e. The number of aromatic hydroxyl groups is 1. The van der Waals surface area contributed by atoms with Crippen LogP contribution in [0.2, 0.25) is 0 Å². The largest absolute Gasteiger partial charge is 0.494 e. The summed E-state index contributed by atoms with van der Waals surface area (Å²) in [4.78, 5) is 26.2. The zero-order chi connectivity index (χ0) is 15.4. The molecule has 0 aliphatic heterocycles. The molecule has 0 radical (unpaired) electrons. The molecule has 0 saturated heterocycles. The molecule has 0 fully saturated rings. The van der Waals surface area contributed by atoms with Gasteiger partial charge in [-0.2, -0.15) is 0 Å². The van der Waals surface area contributed by atoms with E-state index >= 15 is 0 Å². The Kier molecular flexibility index (Phi) is 4.62. The first-order valence-electron chi connectivity index (χ1n) is 7.17. The summed E-state index contributed by atoms with van der Waals surface area (Å²) in [5.41, 5.74) is 0.614. The van der Waals surface area contributed by atoms with E-state index in [1.807, 2.05) is 25.1 Å². The minimum absolute atomic E-state index is 0.148. The summed E-state index contributed by atoms with van der Waals surface area (Å²) in [6, 6.07) is 7.28. The second kappa shape index (κ2) is 6.43. The van der Waals surface area contributed by atoms with E-state index in [9.17, 15) is 14.7 Å². The summed E-state index contributed by atoms with van der Waals surface area (Å²) in [7, 11) is 0. The van der Waals surface area contributed by atoms with Crippen molar-refractivity contribution in [2.45, 2.75) is 39.7 Å². The predicted octanol–water partition coefficient (Wildman–Crippen LogP) is 2.41. The van der Waals surface area contributed by atoms with Gasteiger partial charge in [-0.3, -0.25) is 14.3 Å². The number of aromatic amines is 1. The number of aryl methyl sites for hydroxylation is 1. The van der Waals surface area contributed by atoms with Crippen molar-refractivity contribution in [3.63, 3.8) is 0 Å². The van der Waals surface area contributed by atoms with Crippen molar-refractivity contribution in [1.82, 2.24) is 9.55 Å². The molecule has 0 aliphatic rings. The molecule has 0 atom stereocenters. The molecule has 0 amide bonds. The Balaban J connectivity index is 2.54. The molecule has 2 rings (SSSR count). The summed E-state index contributed by atoms with van der Waals surface area (Å²) in [5.74, 6) is -0.259. The van der Waals surface area contributed by atoms with Gasteiger partial charge >= 0.3 is 5.69 Å². The first-order valence-corrected chi connectivity index (χ1v) is 7.17. The van der Waals surface area contributed by atoms with Crippen LogP contribution >= 0.6 is 0 Å². The lowest BCUT2D eigenvalue weighted by Gasteiger charge is -2.11. The minimum atomic E-state index is -0.565. The van der Waals surface area contributed by atoms with Crippen LogP contribution in [0.5, 0.6) is 5.88 Å². The number of hydrogen-bond donors (Lipinski definition) is 2. The van der Waals surface area contributed by atoms with Gasteiger partial charge in [-0.15, -0.1) is 0 Å². The standard InChI is InChI=1S/C16H20N2O3/c1-3-4-5-9-18-15(20)13(14(19)17-16(18)21)12-8-6-7-11(2)10-12/h6-8,10,20H,3-5,9H2,1-2H3,(H,17,19,21). The molecule has 112 valence electrons.